The number of methoxy groups -OCH3 is 1. The van der Waals surface area contributed by atoms with E-state index in [0.717, 1.165) is 0 Å². The quantitative estimate of drug-likeness (QED) is 0.737. The number of aromatic nitrogens is 4. The van der Waals surface area contributed by atoms with E-state index in [9.17, 15) is 4.39 Å². The van der Waals surface area contributed by atoms with Gasteiger partial charge in [-0.1, -0.05) is 6.07 Å². The molecule has 1 aromatic carbocycles. The van der Waals surface area contributed by atoms with E-state index < -0.39 is 0 Å². The van der Waals surface area contributed by atoms with Gasteiger partial charge >= 0.3 is 6.01 Å². The lowest BCUT2D eigenvalue weighted by atomic mass is 10.2. The summed E-state index contributed by atoms with van der Waals surface area (Å²) >= 11 is 0. The predicted molar refractivity (Wildman–Crippen MR) is 76.1 cm³/mol. The first-order valence-electron chi connectivity index (χ1n) is 6.38. The second kappa shape index (κ2) is 6.13. The van der Waals surface area contributed by atoms with Crippen LogP contribution >= 0.6 is 0 Å². The van der Waals surface area contributed by atoms with Crippen LogP contribution in [0.4, 0.5) is 4.39 Å². The second-order valence-corrected chi connectivity index (χ2v) is 4.27. The number of rotatable bonds is 4. The number of ether oxygens (including phenoxy) is 2. The molecule has 0 bridgehead atoms. The fraction of sp³-hybridized carbons (Fsp3) is 0.0667. The lowest BCUT2D eigenvalue weighted by Gasteiger charge is -2.04. The van der Waals surface area contributed by atoms with Crippen LogP contribution in [-0.4, -0.2) is 27.3 Å². The fourth-order valence-corrected chi connectivity index (χ4v) is 1.72. The van der Waals surface area contributed by atoms with Gasteiger partial charge in [-0.2, -0.15) is 0 Å². The highest BCUT2D eigenvalue weighted by Gasteiger charge is 2.05. The molecule has 0 unspecified atom stereocenters. The molecule has 0 N–H and O–H groups in total. The fourth-order valence-electron chi connectivity index (χ4n) is 1.72. The molecule has 0 aliphatic heterocycles. The van der Waals surface area contributed by atoms with Gasteiger partial charge in [0, 0.05) is 30.1 Å². The number of halogens is 1. The van der Waals surface area contributed by atoms with Gasteiger partial charge in [0.2, 0.25) is 5.88 Å². The average Bonchev–Trinajstić information content (AvgIpc) is 2.56. The number of hydrogen-bond acceptors (Lipinski definition) is 6. The van der Waals surface area contributed by atoms with Crippen LogP contribution in [-0.2, 0) is 0 Å². The molecule has 22 heavy (non-hydrogen) atoms. The average molecular weight is 298 g/mol. The molecular formula is C15H11FN4O2. The summed E-state index contributed by atoms with van der Waals surface area (Å²) in [5.41, 5.74) is 1.29. The van der Waals surface area contributed by atoms with E-state index in [4.69, 9.17) is 9.47 Å². The van der Waals surface area contributed by atoms with E-state index in [-0.39, 0.29) is 11.8 Å². The highest BCUT2D eigenvalue weighted by Crippen LogP contribution is 2.21. The second-order valence-electron chi connectivity index (χ2n) is 4.27. The predicted octanol–water partition coefficient (Wildman–Crippen LogP) is 2.87. The van der Waals surface area contributed by atoms with Crippen LogP contribution < -0.4 is 9.47 Å². The molecule has 0 radical (unpaired) electrons. The summed E-state index contributed by atoms with van der Waals surface area (Å²) in [5.74, 6) is 0.371. The minimum absolute atomic E-state index is 0.121. The van der Waals surface area contributed by atoms with Crippen molar-refractivity contribution in [2.24, 2.45) is 0 Å². The molecule has 0 saturated heterocycles. The first-order chi connectivity index (χ1) is 10.7. The van der Waals surface area contributed by atoms with Crippen molar-refractivity contribution < 1.29 is 13.9 Å². The number of nitrogens with zero attached hydrogens (tertiary/aromatic N) is 4. The maximum Gasteiger partial charge on any atom is 0.321 e. The Kier molecular flexibility index (Phi) is 3.86. The van der Waals surface area contributed by atoms with Gasteiger partial charge in [0.15, 0.2) is 0 Å². The standard InChI is InChI=1S/C15H11FN4O2/c1-21-14-6-5-13(19-20-14)10-8-17-15(18-9-10)22-12-4-2-3-11(16)7-12/h2-9H,1H3. The highest BCUT2D eigenvalue weighted by atomic mass is 19.1. The topological polar surface area (TPSA) is 70.0 Å². The molecular weight excluding hydrogens is 287 g/mol. The zero-order valence-electron chi connectivity index (χ0n) is 11.6. The van der Waals surface area contributed by atoms with Crippen molar-refractivity contribution in [3.63, 3.8) is 0 Å². The Bertz CT molecular complexity index is 763. The first kappa shape index (κ1) is 13.9. The van der Waals surface area contributed by atoms with E-state index in [1.165, 1.54) is 19.2 Å². The molecule has 0 amide bonds. The van der Waals surface area contributed by atoms with Crippen LogP contribution in [0.15, 0.2) is 48.8 Å². The van der Waals surface area contributed by atoms with Crippen LogP contribution in [0.3, 0.4) is 0 Å². The molecule has 2 heterocycles. The van der Waals surface area contributed by atoms with E-state index in [1.54, 1.807) is 36.7 Å². The summed E-state index contributed by atoms with van der Waals surface area (Å²) in [6, 6.07) is 9.32. The monoisotopic (exact) mass is 298 g/mol. The van der Waals surface area contributed by atoms with Gasteiger partial charge in [-0.3, -0.25) is 0 Å². The van der Waals surface area contributed by atoms with Crippen LogP contribution in [0.2, 0.25) is 0 Å². The molecule has 0 saturated carbocycles. The SMILES string of the molecule is COc1ccc(-c2cnc(Oc3cccc(F)c3)nc2)nn1. The number of benzene rings is 1. The Balaban J connectivity index is 1.77. The van der Waals surface area contributed by atoms with Gasteiger partial charge in [-0.05, 0) is 18.2 Å². The van der Waals surface area contributed by atoms with E-state index in [2.05, 4.69) is 20.2 Å². The highest BCUT2D eigenvalue weighted by molar-refractivity contribution is 5.56. The van der Waals surface area contributed by atoms with Crippen LogP contribution in [0.5, 0.6) is 17.6 Å². The largest absolute Gasteiger partial charge is 0.480 e. The maximum atomic E-state index is 13.1. The van der Waals surface area contributed by atoms with Gasteiger partial charge < -0.3 is 9.47 Å². The lowest BCUT2D eigenvalue weighted by Crippen LogP contribution is -1.95. The Labute approximate surface area is 125 Å². The normalized spacial score (nSPS) is 10.3. The maximum absolute atomic E-state index is 13.1. The third-order valence-corrected chi connectivity index (χ3v) is 2.78. The summed E-state index contributed by atoms with van der Waals surface area (Å²) in [6.07, 6.45) is 3.11. The lowest BCUT2D eigenvalue weighted by molar-refractivity contribution is 0.392. The molecule has 0 spiro atoms. The summed E-state index contributed by atoms with van der Waals surface area (Å²) in [6.45, 7) is 0. The van der Waals surface area contributed by atoms with Crippen LogP contribution in [0.25, 0.3) is 11.3 Å². The van der Waals surface area contributed by atoms with Crippen molar-refractivity contribution in [2.75, 3.05) is 7.11 Å². The molecule has 0 atom stereocenters. The molecule has 2 aromatic heterocycles. The molecule has 0 fully saturated rings. The smallest absolute Gasteiger partial charge is 0.321 e. The summed E-state index contributed by atoms with van der Waals surface area (Å²) in [7, 11) is 1.52. The van der Waals surface area contributed by atoms with Gasteiger partial charge in [0.25, 0.3) is 0 Å². The van der Waals surface area contributed by atoms with Gasteiger partial charge in [0.05, 0.1) is 12.8 Å². The zero-order chi connectivity index (χ0) is 15.4. The Morgan fingerprint density at radius 2 is 1.82 bits per heavy atom. The summed E-state index contributed by atoms with van der Waals surface area (Å²) < 4.78 is 23.4. The van der Waals surface area contributed by atoms with Crippen molar-refractivity contribution in [3.8, 4) is 28.9 Å². The van der Waals surface area contributed by atoms with Crippen molar-refractivity contribution in [1.29, 1.82) is 0 Å². The van der Waals surface area contributed by atoms with Crippen LogP contribution in [0.1, 0.15) is 0 Å². The van der Waals surface area contributed by atoms with E-state index in [1.807, 2.05) is 0 Å². The molecule has 0 aliphatic rings. The molecule has 110 valence electrons. The van der Waals surface area contributed by atoms with Crippen LogP contribution in [0, 0.1) is 5.82 Å². The molecule has 6 nitrogen and oxygen atoms in total. The number of hydrogen-bond donors (Lipinski definition) is 0. The third-order valence-electron chi connectivity index (χ3n) is 2.78. The zero-order valence-corrected chi connectivity index (χ0v) is 11.6. The minimum Gasteiger partial charge on any atom is -0.480 e. The Morgan fingerprint density at radius 1 is 1.00 bits per heavy atom. The summed E-state index contributed by atoms with van der Waals surface area (Å²) in [5, 5.41) is 7.87. The Hall–Kier alpha value is -3.09. The van der Waals surface area contributed by atoms with E-state index in [0.29, 0.717) is 22.9 Å². The van der Waals surface area contributed by atoms with E-state index >= 15 is 0 Å². The minimum atomic E-state index is -0.386. The molecule has 7 heteroatoms. The van der Waals surface area contributed by atoms with Crippen molar-refractivity contribution >= 4 is 0 Å². The van der Waals surface area contributed by atoms with Gasteiger partial charge in [-0.15, -0.1) is 10.2 Å². The van der Waals surface area contributed by atoms with Gasteiger partial charge in [0.1, 0.15) is 11.6 Å². The Morgan fingerprint density at radius 3 is 2.45 bits per heavy atom. The third kappa shape index (κ3) is 3.14. The van der Waals surface area contributed by atoms with Crippen molar-refractivity contribution in [3.05, 3.63) is 54.6 Å². The molecule has 3 aromatic rings. The van der Waals surface area contributed by atoms with Gasteiger partial charge in [-0.25, -0.2) is 14.4 Å². The molecule has 0 aliphatic carbocycles. The first-order valence-corrected chi connectivity index (χ1v) is 6.38. The van der Waals surface area contributed by atoms with Crippen molar-refractivity contribution in [1.82, 2.24) is 20.2 Å². The van der Waals surface area contributed by atoms with Crippen molar-refractivity contribution in [2.45, 2.75) is 0 Å². The summed E-state index contributed by atoms with van der Waals surface area (Å²) in [4.78, 5) is 8.14. The molecule has 3 rings (SSSR count).